The zero-order valence-corrected chi connectivity index (χ0v) is 7.40. The summed E-state index contributed by atoms with van der Waals surface area (Å²) >= 11 is 0. The smallest absolute Gasteiger partial charge is 0.306 e. The van der Waals surface area contributed by atoms with Crippen molar-refractivity contribution in [3.63, 3.8) is 0 Å². The Kier molecular flexibility index (Phi) is 3.41. The molecule has 76 valence electrons. The normalized spacial score (nSPS) is 12.1. The number of nitrogens with two attached hydrogens (primary N) is 1. The third-order valence-electron chi connectivity index (χ3n) is 1.61. The fourth-order valence-corrected chi connectivity index (χ4v) is 1.02. The second kappa shape index (κ2) is 4.57. The van der Waals surface area contributed by atoms with Gasteiger partial charge in [-0.05, 0) is 12.1 Å². The minimum Gasteiger partial charge on any atom is -0.481 e. The number of benzene rings is 1. The van der Waals surface area contributed by atoms with Crippen LogP contribution in [0.5, 0.6) is 0 Å². The van der Waals surface area contributed by atoms with E-state index in [1.807, 2.05) is 0 Å². The van der Waals surface area contributed by atoms with Gasteiger partial charge in [0.25, 0.3) is 0 Å². The van der Waals surface area contributed by atoms with Crippen LogP contribution in [0.15, 0.2) is 24.3 Å². The number of halogens is 1. The van der Waals surface area contributed by atoms with Gasteiger partial charge in [-0.3, -0.25) is 4.79 Å². The van der Waals surface area contributed by atoms with E-state index in [1.165, 1.54) is 12.1 Å². The predicted octanol–water partition coefficient (Wildman–Crippen LogP) is 0.997. The molecule has 1 rings (SSSR count). The Morgan fingerprint density at radius 1 is 1.57 bits per heavy atom. The lowest BCUT2D eigenvalue weighted by Gasteiger charge is -2.13. The molecule has 0 heterocycles. The van der Waals surface area contributed by atoms with Crippen LogP contribution in [-0.2, 0) is 4.79 Å². The van der Waals surface area contributed by atoms with Gasteiger partial charge in [0.2, 0.25) is 0 Å². The Labute approximate surface area is 80.5 Å². The summed E-state index contributed by atoms with van der Waals surface area (Å²) in [4.78, 5) is 10.3. The Morgan fingerprint density at radius 2 is 2.21 bits per heavy atom. The van der Waals surface area contributed by atoms with Gasteiger partial charge < -0.3 is 16.2 Å². The number of carboxylic acids is 1. The molecule has 14 heavy (non-hydrogen) atoms. The zero-order valence-electron chi connectivity index (χ0n) is 7.40. The SMILES string of the molecule is NC(CC(=O)O)Nc1ccccc1F. The second-order valence-corrected chi connectivity index (χ2v) is 2.83. The van der Waals surface area contributed by atoms with Crippen molar-refractivity contribution in [3.8, 4) is 0 Å². The molecule has 4 nitrogen and oxygen atoms in total. The van der Waals surface area contributed by atoms with Crippen molar-refractivity contribution in [1.29, 1.82) is 0 Å². The third kappa shape index (κ3) is 3.02. The molecule has 0 bridgehead atoms. The van der Waals surface area contributed by atoms with Crippen molar-refractivity contribution in [2.75, 3.05) is 5.32 Å². The molecule has 0 fully saturated rings. The molecule has 0 aliphatic carbocycles. The fourth-order valence-electron chi connectivity index (χ4n) is 1.02. The quantitative estimate of drug-likeness (QED) is 0.631. The van der Waals surface area contributed by atoms with Gasteiger partial charge in [-0.2, -0.15) is 0 Å². The first-order valence-corrected chi connectivity index (χ1v) is 4.08. The minimum atomic E-state index is -1.03. The lowest BCUT2D eigenvalue weighted by atomic mass is 10.2. The summed E-state index contributed by atoms with van der Waals surface area (Å²) in [6.07, 6.45) is -1.04. The van der Waals surface area contributed by atoms with Crippen molar-refractivity contribution >= 4 is 11.7 Å². The van der Waals surface area contributed by atoms with Crippen LogP contribution in [0.3, 0.4) is 0 Å². The van der Waals surface area contributed by atoms with Gasteiger partial charge in [-0.15, -0.1) is 0 Å². The van der Waals surface area contributed by atoms with Gasteiger partial charge in [0, 0.05) is 0 Å². The van der Waals surface area contributed by atoms with Gasteiger partial charge >= 0.3 is 5.97 Å². The number of aliphatic carboxylic acids is 1. The van der Waals surface area contributed by atoms with Gasteiger partial charge in [0.1, 0.15) is 5.82 Å². The zero-order chi connectivity index (χ0) is 10.6. The van der Waals surface area contributed by atoms with E-state index in [2.05, 4.69) is 5.32 Å². The van der Waals surface area contributed by atoms with E-state index in [9.17, 15) is 9.18 Å². The summed E-state index contributed by atoms with van der Waals surface area (Å²) in [6, 6.07) is 5.95. The van der Waals surface area contributed by atoms with Crippen LogP contribution in [0, 0.1) is 5.82 Å². The molecule has 0 radical (unpaired) electrons. The van der Waals surface area contributed by atoms with Crippen molar-refractivity contribution in [1.82, 2.24) is 0 Å². The molecule has 0 amide bonds. The maximum absolute atomic E-state index is 13.0. The first-order chi connectivity index (χ1) is 6.59. The molecule has 0 aliphatic heterocycles. The van der Waals surface area contributed by atoms with Gasteiger partial charge in [0.05, 0.1) is 18.3 Å². The number of para-hydroxylation sites is 1. The van der Waals surface area contributed by atoms with Gasteiger partial charge in [-0.1, -0.05) is 12.1 Å². The fraction of sp³-hybridized carbons (Fsp3) is 0.222. The number of carbonyl (C=O) groups is 1. The molecule has 1 aromatic rings. The number of carboxylic acid groups (broad SMARTS) is 1. The Morgan fingerprint density at radius 3 is 2.79 bits per heavy atom. The van der Waals surface area contributed by atoms with Crippen LogP contribution in [0.1, 0.15) is 6.42 Å². The first kappa shape index (κ1) is 10.5. The highest BCUT2D eigenvalue weighted by atomic mass is 19.1. The van der Waals surface area contributed by atoms with Crippen molar-refractivity contribution in [2.45, 2.75) is 12.6 Å². The maximum atomic E-state index is 13.0. The van der Waals surface area contributed by atoms with Crippen molar-refractivity contribution < 1.29 is 14.3 Å². The van der Waals surface area contributed by atoms with Crippen LogP contribution in [0.2, 0.25) is 0 Å². The summed E-state index contributed by atoms with van der Waals surface area (Å²) in [7, 11) is 0. The lowest BCUT2D eigenvalue weighted by Crippen LogP contribution is -2.32. The summed E-state index contributed by atoms with van der Waals surface area (Å²) in [5.41, 5.74) is 5.63. The molecule has 1 aromatic carbocycles. The molecule has 0 aromatic heterocycles. The first-order valence-electron chi connectivity index (χ1n) is 4.08. The molecule has 0 spiro atoms. The lowest BCUT2D eigenvalue weighted by molar-refractivity contribution is -0.137. The Bertz CT molecular complexity index is 330. The van der Waals surface area contributed by atoms with E-state index in [4.69, 9.17) is 10.8 Å². The third-order valence-corrected chi connectivity index (χ3v) is 1.61. The molecule has 5 heteroatoms. The van der Waals surface area contributed by atoms with E-state index >= 15 is 0 Å². The average molecular weight is 198 g/mol. The van der Waals surface area contributed by atoms with E-state index in [-0.39, 0.29) is 12.1 Å². The monoisotopic (exact) mass is 198 g/mol. The molecule has 0 saturated carbocycles. The van der Waals surface area contributed by atoms with Crippen molar-refractivity contribution in [3.05, 3.63) is 30.1 Å². The molecule has 0 saturated heterocycles. The number of hydrogen-bond donors (Lipinski definition) is 3. The Balaban J connectivity index is 2.60. The largest absolute Gasteiger partial charge is 0.481 e. The van der Waals surface area contributed by atoms with Crippen LogP contribution < -0.4 is 11.1 Å². The van der Waals surface area contributed by atoms with Crippen molar-refractivity contribution in [2.24, 2.45) is 5.73 Å². The standard InChI is InChI=1S/C9H11FN2O2/c10-6-3-1-2-4-7(6)12-8(11)5-9(13)14/h1-4,8,12H,5,11H2,(H,13,14). The molecule has 1 atom stereocenters. The summed E-state index contributed by atoms with van der Waals surface area (Å²) in [5.74, 6) is -1.48. The summed E-state index contributed by atoms with van der Waals surface area (Å²) < 4.78 is 13.0. The molecule has 0 aliphatic rings. The number of anilines is 1. The minimum absolute atomic E-state index is 0.209. The van der Waals surface area contributed by atoms with E-state index in [1.54, 1.807) is 12.1 Å². The van der Waals surface area contributed by atoms with E-state index < -0.39 is 18.0 Å². The summed E-state index contributed by atoms with van der Waals surface area (Å²) in [6.45, 7) is 0. The van der Waals surface area contributed by atoms with E-state index in [0.717, 1.165) is 0 Å². The predicted molar refractivity (Wildman–Crippen MR) is 50.3 cm³/mol. The summed E-state index contributed by atoms with van der Waals surface area (Å²) in [5, 5.41) is 11.0. The number of hydrogen-bond acceptors (Lipinski definition) is 3. The maximum Gasteiger partial charge on any atom is 0.306 e. The second-order valence-electron chi connectivity index (χ2n) is 2.83. The van der Waals surface area contributed by atoms with Gasteiger partial charge in [-0.25, -0.2) is 4.39 Å². The van der Waals surface area contributed by atoms with E-state index in [0.29, 0.717) is 0 Å². The van der Waals surface area contributed by atoms with Crippen LogP contribution in [-0.4, -0.2) is 17.2 Å². The highest BCUT2D eigenvalue weighted by Gasteiger charge is 2.09. The number of rotatable bonds is 4. The van der Waals surface area contributed by atoms with Crippen LogP contribution in [0.4, 0.5) is 10.1 Å². The van der Waals surface area contributed by atoms with Crippen LogP contribution in [0.25, 0.3) is 0 Å². The highest BCUT2D eigenvalue weighted by molar-refractivity contribution is 5.68. The highest BCUT2D eigenvalue weighted by Crippen LogP contribution is 2.13. The Hall–Kier alpha value is -1.62. The topological polar surface area (TPSA) is 75.4 Å². The average Bonchev–Trinajstić information content (AvgIpc) is 2.07. The molecule has 1 unspecified atom stereocenters. The number of nitrogens with one attached hydrogen (secondary N) is 1. The molecule has 4 N–H and O–H groups in total. The van der Waals surface area contributed by atoms with Crippen LogP contribution >= 0.6 is 0 Å². The molecular weight excluding hydrogens is 187 g/mol. The molecular formula is C9H11FN2O2. The van der Waals surface area contributed by atoms with Gasteiger partial charge in [0.15, 0.2) is 0 Å².